The summed E-state index contributed by atoms with van der Waals surface area (Å²) in [7, 11) is 1.58. The number of carbonyl (C=O) groups is 1. The van der Waals surface area contributed by atoms with E-state index in [-0.39, 0.29) is 5.92 Å². The third-order valence-corrected chi connectivity index (χ3v) is 2.80. The van der Waals surface area contributed by atoms with Crippen molar-refractivity contribution in [1.29, 1.82) is 0 Å². The highest BCUT2D eigenvalue weighted by Crippen LogP contribution is 2.30. The number of Topliss-reactive ketones (excluding diaryl/α,β-unsaturated/α-hetero) is 1. The van der Waals surface area contributed by atoms with Crippen molar-refractivity contribution >= 4 is 5.78 Å². The summed E-state index contributed by atoms with van der Waals surface area (Å²) >= 11 is 0. The summed E-state index contributed by atoms with van der Waals surface area (Å²) in [6, 6.07) is 0. The van der Waals surface area contributed by atoms with Gasteiger partial charge in [-0.2, -0.15) is 0 Å². The molecule has 0 aliphatic heterocycles. The lowest BCUT2D eigenvalue weighted by Crippen LogP contribution is -2.22. The molecule has 1 rings (SSSR count). The van der Waals surface area contributed by atoms with E-state index in [1.54, 1.807) is 13.2 Å². The van der Waals surface area contributed by atoms with Gasteiger partial charge < -0.3 is 4.74 Å². The molecule has 0 unspecified atom stereocenters. The van der Waals surface area contributed by atoms with Crippen LogP contribution in [-0.2, 0) is 9.53 Å². The normalized spacial score (nSPS) is 22.3. The van der Waals surface area contributed by atoms with Crippen LogP contribution in [0.5, 0.6) is 0 Å². The zero-order valence-electron chi connectivity index (χ0n) is 9.29. The zero-order chi connectivity index (χ0) is 11.3. The fourth-order valence-electron chi connectivity index (χ4n) is 1.96. The van der Waals surface area contributed by atoms with Crippen LogP contribution in [0.4, 0.5) is 0 Å². The summed E-state index contributed by atoms with van der Waals surface area (Å²) in [5.41, 5.74) is 0.886. The third-order valence-electron chi connectivity index (χ3n) is 2.80. The van der Waals surface area contributed by atoms with E-state index in [4.69, 9.17) is 4.74 Å². The van der Waals surface area contributed by atoms with Crippen LogP contribution in [0.15, 0.2) is 36.6 Å². The largest absolute Gasteiger partial charge is 0.497 e. The molecule has 1 fully saturated rings. The molecule has 0 N–H and O–H groups in total. The average Bonchev–Trinajstić information content (AvgIpc) is 2.26. The number of allylic oxidation sites excluding steroid dienone is 3. The van der Waals surface area contributed by atoms with Crippen LogP contribution in [0, 0.1) is 5.92 Å². The summed E-state index contributed by atoms with van der Waals surface area (Å²) < 4.78 is 5.10. The summed E-state index contributed by atoms with van der Waals surface area (Å²) in [6.07, 6.45) is 7.20. The van der Waals surface area contributed by atoms with Crippen molar-refractivity contribution < 1.29 is 9.53 Å². The highest BCUT2D eigenvalue weighted by atomic mass is 16.5. The van der Waals surface area contributed by atoms with Crippen LogP contribution in [0.3, 0.4) is 0 Å². The van der Waals surface area contributed by atoms with Gasteiger partial charge in [0.25, 0.3) is 0 Å². The topological polar surface area (TPSA) is 26.3 Å². The number of hydrogen-bond donors (Lipinski definition) is 0. The molecular formula is C13H18O2. The molecule has 0 aromatic rings. The van der Waals surface area contributed by atoms with Crippen molar-refractivity contribution in [2.24, 2.45) is 5.92 Å². The Kier molecular flexibility index (Phi) is 4.35. The lowest BCUT2D eigenvalue weighted by molar-refractivity contribution is -0.123. The smallest absolute Gasteiger partial charge is 0.140 e. The maximum absolute atomic E-state index is 11.8. The van der Waals surface area contributed by atoms with Gasteiger partial charge in [-0.05, 0) is 12.8 Å². The Morgan fingerprint density at radius 1 is 1.53 bits per heavy atom. The number of rotatable bonds is 4. The van der Waals surface area contributed by atoms with Crippen molar-refractivity contribution in [2.75, 3.05) is 7.11 Å². The maximum Gasteiger partial charge on any atom is 0.140 e. The lowest BCUT2D eigenvalue weighted by Gasteiger charge is -2.23. The van der Waals surface area contributed by atoms with Gasteiger partial charge in [0, 0.05) is 17.9 Å². The lowest BCUT2D eigenvalue weighted by atomic mass is 9.82. The second kappa shape index (κ2) is 5.54. The van der Waals surface area contributed by atoms with Crippen molar-refractivity contribution in [3.8, 4) is 0 Å². The Morgan fingerprint density at radius 2 is 2.27 bits per heavy atom. The summed E-state index contributed by atoms with van der Waals surface area (Å²) in [5.74, 6) is 0.840. The molecule has 82 valence electrons. The van der Waals surface area contributed by atoms with E-state index in [1.165, 1.54) is 0 Å². The van der Waals surface area contributed by atoms with Crippen LogP contribution >= 0.6 is 0 Å². The molecule has 15 heavy (non-hydrogen) atoms. The quantitative estimate of drug-likeness (QED) is 0.522. The van der Waals surface area contributed by atoms with Crippen molar-refractivity contribution in [3.63, 3.8) is 0 Å². The number of ketones is 1. The molecule has 0 spiro atoms. The van der Waals surface area contributed by atoms with E-state index in [0.717, 1.165) is 24.8 Å². The van der Waals surface area contributed by atoms with Crippen LogP contribution < -0.4 is 0 Å². The Bertz CT molecular complexity index is 300. The van der Waals surface area contributed by atoms with Gasteiger partial charge in [0.1, 0.15) is 11.5 Å². The molecule has 1 aliphatic carbocycles. The third kappa shape index (κ3) is 2.82. The second-order valence-electron chi connectivity index (χ2n) is 3.75. The van der Waals surface area contributed by atoms with E-state index >= 15 is 0 Å². The highest BCUT2D eigenvalue weighted by Gasteiger charge is 2.27. The molecule has 1 aliphatic rings. The maximum atomic E-state index is 11.8. The molecule has 0 bridgehead atoms. The molecule has 0 amide bonds. The fourth-order valence-corrected chi connectivity index (χ4v) is 1.96. The Labute approximate surface area is 91.3 Å². The molecule has 0 saturated heterocycles. The predicted octanol–water partition coefficient (Wildman–Crippen LogP) is 3.02. The second-order valence-corrected chi connectivity index (χ2v) is 3.75. The zero-order valence-corrected chi connectivity index (χ0v) is 9.29. The first-order valence-electron chi connectivity index (χ1n) is 5.29. The van der Waals surface area contributed by atoms with Crippen molar-refractivity contribution in [1.82, 2.24) is 0 Å². The molecule has 0 aromatic carbocycles. The molecule has 1 saturated carbocycles. The number of ether oxygens (including phenoxy) is 1. The average molecular weight is 206 g/mol. The number of methoxy groups -OCH3 is 1. The SMILES string of the molecule is C=C/C=C(\C(=C)OC)[C@@H]1CCCCC1=O. The van der Waals surface area contributed by atoms with Gasteiger partial charge in [-0.1, -0.05) is 31.7 Å². The van der Waals surface area contributed by atoms with Gasteiger partial charge in [0.2, 0.25) is 0 Å². The van der Waals surface area contributed by atoms with E-state index in [9.17, 15) is 4.79 Å². The molecule has 0 radical (unpaired) electrons. The summed E-state index contributed by atoms with van der Waals surface area (Å²) in [4.78, 5) is 11.8. The predicted molar refractivity (Wildman–Crippen MR) is 61.4 cm³/mol. The number of carbonyl (C=O) groups excluding carboxylic acids is 1. The molecule has 0 aromatic heterocycles. The minimum Gasteiger partial charge on any atom is -0.497 e. The Hall–Kier alpha value is -1.31. The summed E-state index contributed by atoms with van der Waals surface area (Å²) in [6.45, 7) is 7.46. The van der Waals surface area contributed by atoms with Gasteiger partial charge >= 0.3 is 0 Å². The van der Waals surface area contributed by atoms with E-state index in [0.29, 0.717) is 18.0 Å². The van der Waals surface area contributed by atoms with E-state index in [1.807, 2.05) is 6.08 Å². The van der Waals surface area contributed by atoms with Gasteiger partial charge in [0.05, 0.1) is 7.11 Å². The Morgan fingerprint density at radius 3 is 2.80 bits per heavy atom. The molecule has 2 nitrogen and oxygen atoms in total. The van der Waals surface area contributed by atoms with Crippen molar-refractivity contribution in [3.05, 3.63) is 36.6 Å². The van der Waals surface area contributed by atoms with Crippen LogP contribution in [0.1, 0.15) is 25.7 Å². The van der Waals surface area contributed by atoms with E-state index < -0.39 is 0 Å². The first kappa shape index (κ1) is 11.8. The first-order valence-corrected chi connectivity index (χ1v) is 5.29. The molecule has 2 heteroatoms. The van der Waals surface area contributed by atoms with E-state index in [2.05, 4.69) is 13.2 Å². The summed E-state index contributed by atoms with van der Waals surface area (Å²) in [5, 5.41) is 0. The first-order chi connectivity index (χ1) is 7.20. The van der Waals surface area contributed by atoms with Crippen LogP contribution in [0.2, 0.25) is 0 Å². The molecule has 0 heterocycles. The van der Waals surface area contributed by atoms with Crippen molar-refractivity contribution in [2.45, 2.75) is 25.7 Å². The molecular weight excluding hydrogens is 188 g/mol. The van der Waals surface area contributed by atoms with Crippen LogP contribution in [0.25, 0.3) is 0 Å². The monoisotopic (exact) mass is 206 g/mol. The minimum atomic E-state index is -0.0378. The standard InChI is InChI=1S/C13H18O2/c1-4-7-11(10(2)15-3)12-8-5-6-9-13(12)14/h4,7,12H,1-2,5-6,8-9H2,3H3/b11-7+/t12-/m0/s1. The Balaban J connectivity index is 2.88. The number of hydrogen-bond acceptors (Lipinski definition) is 2. The van der Waals surface area contributed by atoms with Crippen LogP contribution in [-0.4, -0.2) is 12.9 Å². The van der Waals surface area contributed by atoms with Gasteiger partial charge in [0.15, 0.2) is 0 Å². The highest BCUT2D eigenvalue weighted by molar-refractivity contribution is 5.85. The van der Waals surface area contributed by atoms with Gasteiger partial charge in [-0.15, -0.1) is 0 Å². The fraction of sp³-hybridized carbons (Fsp3) is 0.462. The van der Waals surface area contributed by atoms with Gasteiger partial charge in [-0.25, -0.2) is 0 Å². The molecule has 1 atom stereocenters. The minimum absolute atomic E-state index is 0.0378. The van der Waals surface area contributed by atoms with Gasteiger partial charge in [-0.3, -0.25) is 4.79 Å².